The van der Waals surface area contributed by atoms with Crippen LogP contribution in [0.4, 0.5) is 5.82 Å². The lowest BCUT2D eigenvalue weighted by molar-refractivity contribution is -0.118. The van der Waals surface area contributed by atoms with Gasteiger partial charge in [0.05, 0.1) is 6.04 Å². The number of anilines is 1. The summed E-state index contributed by atoms with van der Waals surface area (Å²) in [7, 11) is 0. The van der Waals surface area contributed by atoms with Crippen molar-refractivity contribution in [1.82, 2.24) is 10.3 Å². The Balaban J connectivity index is 2.02. The van der Waals surface area contributed by atoms with E-state index >= 15 is 0 Å². The average Bonchev–Trinajstić information content (AvgIpc) is 2.64. The minimum Gasteiger partial charge on any atom is -0.309 e. The molecule has 1 saturated heterocycles. The van der Waals surface area contributed by atoms with Gasteiger partial charge in [-0.25, -0.2) is 4.98 Å². The van der Waals surface area contributed by atoms with Gasteiger partial charge in [0.25, 0.3) is 0 Å². The number of carbonyl (C=O) groups is 1. The number of hydrogen-bond donors (Lipinski definition) is 2. The van der Waals surface area contributed by atoms with Gasteiger partial charge in [0, 0.05) is 11.2 Å². The number of rotatable bonds is 2. The number of nitrogens with one attached hydrogen (secondary N) is 2. The summed E-state index contributed by atoms with van der Waals surface area (Å²) in [5.41, 5.74) is 0. The molecule has 1 aromatic heterocycles. The normalized spacial score (nSPS) is 24.4. The summed E-state index contributed by atoms with van der Waals surface area (Å²) in [6.07, 6.45) is 2.60. The number of hydrogen-bond acceptors (Lipinski definition) is 3. The zero-order chi connectivity index (χ0) is 11.5. The third kappa shape index (κ3) is 2.51. The molecule has 2 N–H and O–H groups in total. The highest BCUT2D eigenvalue weighted by atomic mass is 35.5. The highest BCUT2D eigenvalue weighted by Gasteiger charge is 2.29. The van der Waals surface area contributed by atoms with Crippen molar-refractivity contribution in [3.05, 3.63) is 23.4 Å². The summed E-state index contributed by atoms with van der Waals surface area (Å²) < 4.78 is 0. The molecule has 16 heavy (non-hydrogen) atoms. The van der Waals surface area contributed by atoms with Crippen LogP contribution in [-0.4, -0.2) is 23.5 Å². The Bertz CT molecular complexity index is 397. The number of aromatic nitrogens is 1. The minimum atomic E-state index is -0.124. The predicted molar refractivity (Wildman–Crippen MR) is 63.4 cm³/mol. The first kappa shape index (κ1) is 11.4. The van der Waals surface area contributed by atoms with Gasteiger partial charge in [-0.15, -0.1) is 0 Å². The van der Waals surface area contributed by atoms with Crippen molar-refractivity contribution in [2.75, 3.05) is 11.9 Å². The zero-order valence-corrected chi connectivity index (χ0v) is 9.79. The standard InChI is InChI=1S/C11H14ClN3O/c1-7-2-4-14-10(7)11(16)15-9-6-8(12)3-5-13-9/h3,5-7,10,14H,2,4H2,1H3,(H,13,15,16). The molecule has 0 bridgehead atoms. The molecule has 0 radical (unpaired) electrons. The topological polar surface area (TPSA) is 54.0 Å². The monoisotopic (exact) mass is 239 g/mol. The van der Waals surface area contributed by atoms with Gasteiger partial charge in [-0.1, -0.05) is 18.5 Å². The lowest BCUT2D eigenvalue weighted by atomic mass is 10.0. The lowest BCUT2D eigenvalue weighted by Crippen LogP contribution is -2.39. The molecule has 0 spiro atoms. The van der Waals surface area contributed by atoms with E-state index in [2.05, 4.69) is 22.5 Å². The third-order valence-electron chi connectivity index (χ3n) is 2.79. The van der Waals surface area contributed by atoms with Crippen LogP contribution in [-0.2, 0) is 4.79 Å². The summed E-state index contributed by atoms with van der Waals surface area (Å²) in [6, 6.07) is 3.19. The molecule has 1 amide bonds. The molecule has 2 unspecified atom stereocenters. The second kappa shape index (κ2) is 4.80. The van der Waals surface area contributed by atoms with Gasteiger partial charge in [-0.05, 0) is 31.0 Å². The summed E-state index contributed by atoms with van der Waals surface area (Å²) in [5, 5.41) is 6.49. The Morgan fingerprint density at radius 3 is 3.12 bits per heavy atom. The molecule has 1 aromatic rings. The maximum atomic E-state index is 11.9. The number of nitrogens with zero attached hydrogens (tertiary/aromatic N) is 1. The highest BCUT2D eigenvalue weighted by molar-refractivity contribution is 6.30. The van der Waals surface area contributed by atoms with E-state index in [4.69, 9.17) is 11.6 Å². The van der Waals surface area contributed by atoms with E-state index in [1.165, 1.54) is 0 Å². The molecule has 5 heteroatoms. The Morgan fingerprint density at radius 1 is 1.69 bits per heavy atom. The molecule has 0 saturated carbocycles. The molecule has 0 aromatic carbocycles. The van der Waals surface area contributed by atoms with Crippen LogP contribution in [0, 0.1) is 5.92 Å². The molecular formula is C11H14ClN3O. The highest BCUT2D eigenvalue weighted by Crippen LogP contribution is 2.17. The van der Waals surface area contributed by atoms with Crippen LogP contribution in [0.3, 0.4) is 0 Å². The number of carbonyl (C=O) groups excluding carboxylic acids is 1. The van der Waals surface area contributed by atoms with Crippen molar-refractivity contribution < 1.29 is 4.79 Å². The van der Waals surface area contributed by atoms with Gasteiger partial charge >= 0.3 is 0 Å². The maximum Gasteiger partial charge on any atom is 0.242 e. The van der Waals surface area contributed by atoms with Gasteiger partial charge in [-0.3, -0.25) is 4.79 Å². The fourth-order valence-electron chi connectivity index (χ4n) is 1.86. The molecular weight excluding hydrogens is 226 g/mol. The first-order chi connectivity index (χ1) is 7.66. The third-order valence-corrected chi connectivity index (χ3v) is 3.02. The Hall–Kier alpha value is -1.13. The molecule has 2 rings (SSSR count). The van der Waals surface area contributed by atoms with Gasteiger partial charge in [0.1, 0.15) is 5.82 Å². The van der Waals surface area contributed by atoms with Crippen LogP contribution < -0.4 is 10.6 Å². The van der Waals surface area contributed by atoms with Crippen molar-refractivity contribution in [3.8, 4) is 0 Å². The van der Waals surface area contributed by atoms with Crippen molar-refractivity contribution in [2.24, 2.45) is 5.92 Å². The maximum absolute atomic E-state index is 11.9. The largest absolute Gasteiger partial charge is 0.309 e. The Labute approximate surface area is 99.4 Å². The number of halogens is 1. The van der Waals surface area contributed by atoms with Crippen LogP contribution in [0.5, 0.6) is 0 Å². The minimum absolute atomic E-state index is 0.0419. The molecule has 86 valence electrons. The molecule has 2 atom stereocenters. The van der Waals surface area contributed by atoms with Crippen molar-refractivity contribution in [1.29, 1.82) is 0 Å². The molecule has 1 aliphatic heterocycles. The lowest BCUT2D eigenvalue weighted by Gasteiger charge is -2.14. The van der Waals surface area contributed by atoms with E-state index in [0.29, 0.717) is 16.8 Å². The van der Waals surface area contributed by atoms with Crippen molar-refractivity contribution in [3.63, 3.8) is 0 Å². The first-order valence-electron chi connectivity index (χ1n) is 5.32. The predicted octanol–water partition coefficient (Wildman–Crippen LogP) is 1.67. The van der Waals surface area contributed by atoms with E-state index in [1.54, 1.807) is 18.3 Å². The summed E-state index contributed by atoms with van der Waals surface area (Å²) in [6.45, 7) is 2.96. The van der Waals surface area contributed by atoms with Gasteiger partial charge < -0.3 is 10.6 Å². The van der Waals surface area contributed by atoms with E-state index in [0.717, 1.165) is 13.0 Å². The zero-order valence-electron chi connectivity index (χ0n) is 9.03. The fraction of sp³-hybridized carbons (Fsp3) is 0.455. The summed E-state index contributed by atoms with van der Waals surface area (Å²) in [5.74, 6) is 0.817. The molecule has 2 heterocycles. The second-order valence-corrected chi connectivity index (χ2v) is 4.48. The van der Waals surface area contributed by atoms with E-state index in [1.807, 2.05) is 0 Å². The van der Waals surface area contributed by atoms with Crippen LogP contribution in [0.25, 0.3) is 0 Å². The average molecular weight is 240 g/mol. The van der Waals surface area contributed by atoms with E-state index in [9.17, 15) is 4.79 Å². The van der Waals surface area contributed by atoms with Crippen LogP contribution >= 0.6 is 11.6 Å². The van der Waals surface area contributed by atoms with Crippen LogP contribution in [0.2, 0.25) is 5.02 Å². The molecule has 1 aliphatic rings. The summed E-state index contributed by atoms with van der Waals surface area (Å²) in [4.78, 5) is 15.9. The quantitative estimate of drug-likeness (QED) is 0.826. The van der Waals surface area contributed by atoms with Crippen LogP contribution in [0.1, 0.15) is 13.3 Å². The first-order valence-corrected chi connectivity index (χ1v) is 5.70. The van der Waals surface area contributed by atoms with E-state index in [-0.39, 0.29) is 11.9 Å². The molecule has 0 aliphatic carbocycles. The Morgan fingerprint density at radius 2 is 2.50 bits per heavy atom. The van der Waals surface area contributed by atoms with Crippen molar-refractivity contribution >= 4 is 23.3 Å². The second-order valence-electron chi connectivity index (χ2n) is 4.05. The van der Waals surface area contributed by atoms with Crippen LogP contribution in [0.15, 0.2) is 18.3 Å². The fourth-order valence-corrected chi connectivity index (χ4v) is 2.02. The van der Waals surface area contributed by atoms with Gasteiger partial charge in [-0.2, -0.15) is 0 Å². The SMILES string of the molecule is CC1CCNC1C(=O)Nc1cc(Cl)ccn1. The molecule has 1 fully saturated rings. The molecule has 4 nitrogen and oxygen atoms in total. The van der Waals surface area contributed by atoms with Gasteiger partial charge in [0.15, 0.2) is 0 Å². The van der Waals surface area contributed by atoms with Crippen molar-refractivity contribution in [2.45, 2.75) is 19.4 Å². The van der Waals surface area contributed by atoms with Gasteiger partial charge in [0.2, 0.25) is 5.91 Å². The Kier molecular flexibility index (Phi) is 3.41. The number of amides is 1. The summed E-state index contributed by atoms with van der Waals surface area (Å²) >= 11 is 5.81. The number of pyridine rings is 1. The smallest absolute Gasteiger partial charge is 0.242 e. The van der Waals surface area contributed by atoms with E-state index < -0.39 is 0 Å².